The van der Waals surface area contributed by atoms with Crippen molar-refractivity contribution in [2.45, 2.75) is 25.4 Å². The summed E-state index contributed by atoms with van der Waals surface area (Å²) < 4.78 is 19.1. The minimum absolute atomic E-state index is 0.225. The molecule has 4 heteroatoms. The third-order valence-electron chi connectivity index (χ3n) is 3.34. The van der Waals surface area contributed by atoms with Crippen molar-refractivity contribution in [3.8, 4) is 0 Å². The van der Waals surface area contributed by atoms with Crippen LogP contribution >= 0.6 is 0 Å². The summed E-state index contributed by atoms with van der Waals surface area (Å²) in [6, 6.07) is 5.66. The molecule has 1 aromatic rings. The number of nitrogens with two attached hydrogens (primary N) is 1. The van der Waals surface area contributed by atoms with E-state index in [1.54, 1.807) is 18.2 Å². The Hall–Kier alpha value is -1.13. The smallest absolute Gasteiger partial charge is 0.150 e. The number of nitrogen functional groups attached to an aromatic ring is 1. The Bertz CT molecular complexity index is 378. The van der Waals surface area contributed by atoms with E-state index < -0.39 is 0 Å². The summed E-state index contributed by atoms with van der Waals surface area (Å²) in [6.07, 6.45) is 2.03. The Kier molecular flexibility index (Phi) is 3.97. The van der Waals surface area contributed by atoms with Crippen LogP contribution in [0.4, 0.5) is 10.1 Å². The molecule has 0 atom stereocenters. The number of anilines is 1. The number of rotatable bonds is 3. The Morgan fingerprint density at radius 3 is 2.82 bits per heavy atom. The van der Waals surface area contributed by atoms with Gasteiger partial charge in [0.25, 0.3) is 0 Å². The molecule has 0 spiro atoms. The second-order valence-electron chi connectivity index (χ2n) is 4.58. The van der Waals surface area contributed by atoms with Crippen molar-refractivity contribution in [2.75, 3.05) is 26.0 Å². The number of nitrogens with zero attached hydrogens (tertiary/aromatic N) is 1. The van der Waals surface area contributed by atoms with E-state index in [2.05, 4.69) is 4.90 Å². The van der Waals surface area contributed by atoms with Gasteiger partial charge in [0.1, 0.15) is 0 Å². The summed E-state index contributed by atoms with van der Waals surface area (Å²) in [4.78, 5) is 2.18. The number of ether oxygens (including phenoxy) is 1. The number of hydrogen-bond donors (Lipinski definition) is 1. The second-order valence-corrected chi connectivity index (χ2v) is 4.58. The van der Waals surface area contributed by atoms with Gasteiger partial charge in [-0.05, 0) is 26.0 Å². The number of hydrogen-bond acceptors (Lipinski definition) is 3. The molecule has 1 saturated heterocycles. The molecule has 1 heterocycles. The third kappa shape index (κ3) is 2.96. The molecule has 0 saturated carbocycles. The van der Waals surface area contributed by atoms with Gasteiger partial charge in [-0.1, -0.05) is 12.1 Å². The molecule has 0 aliphatic carbocycles. The fraction of sp³-hybridized carbons (Fsp3) is 0.538. The fourth-order valence-corrected chi connectivity index (χ4v) is 2.25. The van der Waals surface area contributed by atoms with E-state index in [-0.39, 0.29) is 11.5 Å². The maximum atomic E-state index is 13.8. The molecule has 0 aromatic heterocycles. The van der Waals surface area contributed by atoms with E-state index in [9.17, 15) is 4.39 Å². The van der Waals surface area contributed by atoms with Crippen LogP contribution in [0.25, 0.3) is 0 Å². The van der Waals surface area contributed by atoms with Crippen molar-refractivity contribution >= 4 is 5.69 Å². The number of benzene rings is 1. The van der Waals surface area contributed by atoms with Crippen LogP contribution in [0.1, 0.15) is 18.4 Å². The van der Waals surface area contributed by atoms with Crippen molar-refractivity contribution in [1.29, 1.82) is 0 Å². The molecule has 2 rings (SSSR count). The van der Waals surface area contributed by atoms with Crippen LogP contribution in [0.5, 0.6) is 0 Å². The average molecular weight is 238 g/mol. The van der Waals surface area contributed by atoms with E-state index in [4.69, 9.17) is 10.5 Å². The zero-order valence-electron chi connectivity index (χ0n) is 10.2. The van der Waals surface area contributed by atoms with Crippen molar-refractivity contribution in [3.05, 3.63) is 29.6 Å². The molecule has 0 unspecified atom stereocenters. The first-order valence-corrected chi connectivity index (χ1v) is 5.99. The maximum Gasteiger partial charge on any atom is 0.150 e. The predicted molar refractivity (Wildman–Crippen MR) is 66.1 cm³/mol. The zero-order chi connectivity index (χ0) is 12.3. The highest BCUT2D eigenvalue weighted by Crippen LogP contribution is 2.19. The second kappa shape index (κ2) is 5.47. The average Bonchev–Trinajstić information content (AvgIpc) is 2.36. The van der Waals surface area contributed by atoms with Gasteiger partial charge < -0.3 is 10.5 Å². The molecule has 94 valence electrons. The first-order valence-electron chi connectivity index (χ1n) is 5.99. The molecule has 0 radical (unpaired) electrons. The van der Waals surface area contributed by atoms with Gasteiger partial charge in [0, 0.05) is 31.4 Å². The van der Waals surface area contributed by atoms with E-state index in [0.29, 0.717) is 18.2 Å². The molecular weight excluding hydrogens is 219 g/mol. The van der Waals surface area contributed by atoms with Gasteiger partial charge in [0.15, 0.2) is 5.82 Å². The van der Waals surface area contributed by atoms with E-state index in [0.717, 1.165) is 26.1 Å². The summed E-state index contributed by atoms with van der Waals surface area (Å²) in [5, 5.41) is 0. The quantitative estimate of drug-likeness (QED) is 0.819. The highest BCUT2D eigenvalue weighted by Gasteiger charge is 2.19. The molecule has 3 nitrogen and oxygen atoms in total. The molecule has 1 aliphatic heterocycles. The first kappa shape index (κ1) is 12.3. The van der Waals surface area contributed by atoms with Gasteiger partial charge in [-0.25, -0.2) is 4.39 Å². The van der Waals surface area contributed by atoms with E-state index >= 15 is 0 Å². The monoisotopic (exact) mass is 238 g/mol. The molecule has 0 amide bonds. The lowest BCUT2D eigenvalue weighted by molar-refractivity contribution is 0.0404. The van der Waals surface area contributed by atoms with Crippen LogP contribution in [0.3, 0.4) is 0 Å². The summed E-state index contributed by atoms with van der Waals surface area (Å²) in [6.45, 7) is 2.20. The molecule has 1 fully saturated rings. The highest BCUT2D eigenvalue weighted by atomic mass is 19.1. The molecule has 2 N–H and O–H groups in total. The minimum atomic E-state index is -0.286. The Labute approximate surface area is 101 Å². The van der Waals surface area contributed by atoms with Crippen molar-refractivity contribution in [1.82, 2.24) is 4.90 Å². The third-order valence-corrected chi connectivity index (χ3v) is 3.34. The molecular formula is C13H19FN2O. The fourth-order valence-electron chi connectivity index (χ4n) is 2.25. The van der Waals surface area contributed by atoms with Gasteiger partial charge in [0.2, 0.25) is 0 Å². The van der Waals surface area contributed by atoms with Gasteiger partial charge in [-0.15, -0.1) is 0 Å². The summed E-state index contributed by atoms with van der Waals surface area (Å²) in [5.41, 5.74) is 6.45. The molecule has 1 aromatic carbocycles. The highest BCUT2D eigenvalue weighted by molar-refractivity contribution is 5.42. The van der Waals surface area contributed by atoms with Crippen LogP contribution < -0.4 is 5.73 Å². The maximum absolute atomic E-state index is 13.8. The SMILES string of the molecule is CN(Cc1cccc(N)c1F)C1CCOCC1. The minimum Gasteiger partial charge on any atom is -0.396 e. The summed E-state index contributed by atoms with van der Waals surface area (Å²) >= 11 is 0. The van der Waals surface area contributed by atoms with Gasteiger partial charge >= 0.3 is 0 Å². The lowest BCUT2D eigenvalue weighted by Crippen LogP contribution is -2.36. The van der Waals surface area contributed by atoms with Crippen LogP contribution in [0, 0.1) is 5.82 Å². The predicted octanol–water partition coefficient (Wildman–Crippen LogP) is 2.02. The summed E-state index contributed by atoms with van der Waals surface area (Å²) in [5.74, 6) is -0.286. The van der Waals surface area contributed by atoms with Crippen molar-refractivity contribution in [3.63, 3.8) is 0 Å². The van der Waals surface area contributed by atoms with E-state index in [1.165, 1.54) is 0 Å². The van der Waals surface area contributed by atoms with Gasteiger partial charge in [-0.3, -0.25) is 4.90 Å². The lowest BCUT2D eigenvalue weighted by Gasteiger charge is -2.31. The zero-order valence-corrected chi connectivity index (χ0v) is 10.2. The summed E-state index contributed by atoms with van der Waals surface area (Å²) in [7, 11) is 2.03. The van der Waals surface area contributed by atoms with Crippen molar-refractivity contribution < 1.29 is 9.13 Å². The van der Waals surface area contributed by atoms with Gasteiger partial charge in [-0.2, -0.15) is 0 Å². The van der Waals surface area contributed by atoms with Crippen molar-refractivity contribution in [2.24, 2.45) is 0 Å². The Morgan fingerprint density at radius 1 is 1.41 bits per heavy atom. The Balaban J connectivity index is 2.01. The largest absolute Gasteiger partial charge is 0.396 e. The topological polar surface area (TPSA) is 38.5 Å². The van der Waals surface area contributed by atoms with Crippen LogP contribution in [0.2, 0.25) is 0 Å². The standard InChI is InChI=1S/C13H19FN2O/c1-16(11-5-7-17-8-6-11)9-10-3-2-4-12(15)13(10)14/h2-4,11H,5-9,15H2,1H3. The molecule has 17 heavy (non-hydrogen) atoms. The van der Waals surface area contributed by atoms with Crippen LogP contribution in [0.15, 0.2) is 18.2 Å². The van der Waals surface area contributed by atoms with Crippen LogP contribution in [-0.4, -0.2) is 31.2 Å². The van der Waals surface area contributed by atoms with E-state index in [1.807, 2.05) is 7.05 Å². The Morgan fingerprint density at radius 2 is 2.12 bits per heavy atom. The van der Waals surface area contributed by atoms with Crippen LogP contribution in [-0.2, 0) is 11.3 Å². The normalized spacial score (nSPS) is 17.6. The molecule has 0 bridgehead atoms. The lowest BCUT2D eigenvalue weighted by atomic mass is 10.1. The van der Waals surface area contributed by atoms with Gasteiger partial charge in [0.05, 0.1) is 5.69 Å². The molecule has 1 aliphatic rings. The first-order chi connectivity index (χ1) is 8.18. The number of halogens is 1.